The number of nitrogens with one attached hydrogen (secondary N) is 1. The quantitative estimate of drug-likeness (QED) is 0.795. The lowest BCUT2D eigenvalue weighted by Gasteiger charge is -1.94. The largest absolute Gasteiger partial charge is 0.478 e. The molecule has 0 spiro atoms. The Hall–Kier alpha value is -1.84. The van der Waals surface area contributed by atoms with Crippen LogP contribution in [0.3, 0.4) is 0 Å². The molecule has 15 heavy (non-hydrogen) atoms. The van der Waals surface area contributed by atoms with Crippen LogP contribution in [-0.2, 0) is 0 Å². The Morgan fingerprint density at radius 3 is 2.87 bits per heavy atom. The molecule has 1 aromatic carbocycles. The fraction of sp³-hybridized carbons (Fsp3) is 0.182. The second-order valence-corrected chi connectivity index (χ2v) is 3.41. The van der Waals surface area contributed by atoms with Crippen LogP contribution in [0.2, 0.25) is 0 Å². The van der Waals surface area contributed by atoms with Crippen LogP contribution in [0.5, 0.6) is 0 Å². The Morgan fingerprint density at radius 2 is 2.27 bits per heavy atom. The average Bonchev–Trinajstić information content (AvgIpc) is 2.60. The molecule has 0 aliphatic rings. The van der Waals surface area contributed by atoms with Crippen LogP contribution in [0, 0.1) is 0 Å². The van der Waals surface area contributed by atoms with Crippen molar-refractivity contribution < 1.29 is 14.3 Å². The molecule has 4 heteroatoms. The van der Waals surface area contributed by atoms with E-state index < -0.39 is 12.1 Å². The number of carboxylic acid groups (broad SMARTS) is 1. The summed E-state index contributed by atoms with van der Waals surface area (Å²) in [4.78, 5) is 13.7. The van der Waals surface area contributed by atoms with Gasteiger partial charge in [-0.2, -0.15) is 0 Å². The summed E-state index contributed by atoms with van der Waals surface area (Å²) < 4.78 is 13.0. The number of carboxylic acids is 1. The van der Waals surface area contributed by atoms with E-state index in [2.05, 4.69) is 4.98 Å². The summed E-state index contributed by atoms with van der Waals surface area (Å²) >= 11 is 0. The van der Waals surface area contributed by atoms with E-state index in [-0.39, 0.29) is 5.56 Å². The fourth-order valence-electron chi connectivity index (χ4n) is 1.58. The van der Waals surface area contributed by atoms with E-state index in [0.717, 1.165) is 0 Å². The topological polar surface area (TPSA) is 53.1 Å². The minimum atomic E-state index is -1.13. The number of halogens is 1. The van der Waals surface area contributed by atoms with Gasteiger partial charge in [0.1, 0.15) is 6.17 Å². The predicted octanol–water partition coefficient (Wildman–Crippen LogP) is 2.90. The van der Waals surface area contributed by atoms with Crippen LogP contribution >= 0.6 is 0 Å². The molecule has 0 saturated heterocycles. The maximum absolute atomic E-state index is 13.0. The minimum absolute atomic E-state index is 0.190. The zero-order valence-electron chi connectivity index (χ0n) is 8.12. The summed E-state index contributed by atoms with van der Waals surface area (Å²) in [6.45, 7) is 1.41. The summed E-state index contributed by atoms with van der Waals surface area (Å²) in [5.41, 5.74) is 1.24. The van der Waals surface area contributed by atoms with Crippen LogP contribution < -0.4 is 0 Å². The number of alkyl halides is 1. The van der Waals surface area contributed by atoms with Gasteiger partial charge in [-0.3, -0.25) is 0 Å². The Kier molecular flexibility index (Phi) is 2.19. The molecule has 1 aromatic heterocycles. The van der Waals surface area contributed by atoms with Gasteiger partial charge in [0, 0.05) is 10.9 Å². The van der Waals surface area contributed by atoms with Gasteiger partial charge in [-0.05, 0) is 25.1 Å². The van der Waals surface area contributed by atoms with E-state index in [9.17, 15) is 9.18 Å². The van der Waals surface area contributed by atoms with Crippen LogP contribution in [0.25, 0.3) is 10.9 Å². The van der Waals surface area contributed by atoms with Crippen LogP contribution in [0.4, 0.5) is 4.39 Å². The van der Waals surface area contributed by atoms with E-state index in [1.54, 1.807) is 18.2 Å². The average molecular weight is 207 g/mol. The molecule has 0 aliphatic heterocycles. The van der Waals surface area contributed by atoms with Crippen LogP contribution in [-0.4, -0.2) is 16.1 Å². The van der Waals surface area contributed by atoms with Gasteiger partial charge in [-0.25, -0.2) is 9.18 Å². The molecule has 0 radical (unpaired) electrons. The summed E-state index contributed by atoms with van der Waals surface area (Å²) in [6.07, 6.45) is -1.13. The Balaban J connectivity index is 2.70. The number of hydrogen-bond donors (Lipinski definition) is 2. The van der Waals surface area contributed by atoms with Crippen molar-refractivity contribution in [3.63, 3.8) is 0 Å². The highest BCUT2D eigenvalue weighted by molar-refractivity contribution is 6.03. The highest BCUT2D eigenvalue weighted by Gasteiger charge is 2.12. The smallest absolute Gasteiger partial charge is 0.336 e. The van der Waals surface area contributed by atoms with Gasteiger partial charge in [-0.1, -0.05) is 6.07 Å². The first kappa shape index (κ1) is 9.71. The maximum Gasteiger partial charge on any atom is 0.336 e. The van der Waals surface area contributed by atoms with Gasteiger partial charge in [-0.15, -0.1) is 0 Å². The second-order valence-electron chi connectivity index (χ2n) is 3.41. The highest BCUT2D eigenvalue weighted by Crippen LogP contribution is 2.24. The molecule has 0 aliphatic carbocycles. The molecular weight excluding hydrogens is 197 g/mol. The Morgan fingerprint density at radius 1 is 1.53 bits per heavy atom. The number of aromatic carboxylic acids is 1. The molecule has 1 atom stereocenters. The first-order valence-electron chi connectivity index (χ1n) is 4.58. The van der Waals surface area contributed by atoms with Crippen molar-refractivity contribution in [2.75, 3.05) is 0 Å². The second kappa shape index (κ2) is 3.38. The van der Waals surface area contributed by atoms with Gasteiger partial charge >= 0.3 is 5.97 Å². The molecule has 1 unspecified atom stereocenters. The first-order valence-corrected chi connectivity index (χ1v) is 4.58. The summed E-state index contributed by atoms with van der Waals surface area (Å²) in [5, 5.41) is 9.47. The van der Waals surface area contributed by atoms with Gasteiger partial charge < -0.3 is 10.1 Å². The first-order chi connectivity index (χ1) is 7.09. The van der Waals surface area contributed by atoms with Gasteiger partial charge in [0.2, 0.25) is 0 Å². The molecule has 0 amide bonds. The van der Waals surface area contributed by atoms with E-state index >= 15 is 0 Å². The van der Waals surface area contributed by atoms with Gasteiger partial charge in [0.05, 0.1) is 11.3 Å². The number of rotatable bonds is 2. The summed E-state index contributed by atoms with van der Waals surface area (Å²) in [5.74, 6) is -1.00. The summed E-state index contributed by atoms with van der Waals surface area (Å²) in [7, 11) is 0. The van der Waals surface area contributed by atoms with Crippen molar-refractivity contribution in [3.8, 4) is 0 Å². The van der Waals surface area contributed by atoms with E-state index in [0.29, 0.717) is 16.6 Å². The van der Waals surface area contributed by atoms with E-state index in [1.807, 2.05) is 0 Å². The van der Waals surface area contributed by atoms with Crippen LogP contribution in [0.15, 0.2) is 24.3 Å². The number of benzene rings is 1. The van der Waals surface area contributed by atoms with Crippen LogP contribution in [0.1, 0.15) is 29.1 Å². The third-order valence-electron chi connectivity index (χ3n) is 2.34. The molecule has 3 nitrogen and oxygen atoms in total. The minimum Gasteiger partial charge on any atom is -0.478 e. The Labute approximate surface area is 85.5 Å². The number of fused-ring (bicyclic) bond motifs is 1. The normalized spacial score (nSPS) is 12.9. The van der Waals surface area contributed by atoms with Crippen molar-refractivity contribution in [2.24, 2.45) is 0 Å². The molecule has 2 aromatic rings. The SMILES string of the molecule is CC(F)c1cc2c(C(=O)O)cccc2[nH]1. The number of hydrogen-bond acceptors (Lipinski definition) is 1. The fourth-order valence-corrected chi connectivity index (χ4v) is 1.58. The maximum atomic E-state index is 13.0. The van der Waals surface area contributed by atoms with Gasteiger partial charge in [0.15, 0.2) is 0 Å². The number of H-pyrrole nitrogens is 1. The molecule has 0 bridgehead atoms. The molecule has 1 heterocycles. The van der Waals surface area contributed by atoms with Crippen molar-refractivity contribution in [1.29, 1.82) is 0 Å². The monoisotopic (exact) mass is 207 g/mol. The number of aromatic nitrogens is 1. The molecule has 0 fully saturated rings. The predicted molar refractivity (Wildman–Crippen MR) is 54.8 cm³/mol. The number of carbonyl (C=O) groups is 1. The lowest BCUT2D eigenvalue weighted by atomic mass is 10.1. The Bertz CT molecular complexity index is 516. The van der Waals surface area contributed by atoms with E-state index in [4.69, 9.17) is 5.11 Å². The third kappa shape index (κ3) is 1.58. The van der Waals surface area contributed by atoms with Crippen molar-refractivity contribution >= 4 is 16.9 Å². The standard InChI is InChI=1S/C11H10FNO2/c1-6(12)10-5-8-7(11(14)15)3-2-4-9(8)13-10/h2-6,13H,1H3,(H,14,15). The lowest BCUT2D eigenvalue weighted by Crippen LogP contribution is -1.95. The van der Waals surface area contributed by atoms with Crippen molar-refractivity contribution in [1.82, 2.24) is 4.98 Å². The van der Waals surface area contributed by atoms with Gasteiger partial charge in [0.25, 0.3) is 0 Å². The highest BCUT2D eigenvalue weighted by atomic mass is 19.1. The zero-order valence-corrected chi connectivity index (χ0v) is 8.12. The molecular formula is C11H10FNO2. The molecule has 2 rings (SSSR count). The van der Waals surface area contributed by atoms with Crippen molar-refractivity contribution in [2.45, 2.75) is 13.1 Å². The number of aromatic amines is 1. The zero-order chi connectivity index (χ0) is 11.0. The lowest BCUT2D eigenvalue weighted by molar-refractivity contribution is 0.0699. The van der Waals surface area contributed by atoms with Crippen molar-refractivity contribution in [3.05, 3.63) is 35.5 Å². The summed E-state index contributed by atoms with van der Waals surface area (Å²) in [6, 6.07) is 6.41. The molecule has 78 valence electrons. The third-order valence-corrected chi connectivity index (χ3v) is 2.34. The van der Waals surface area contributed by atoms with E-state index in [1.165, 1.54) is 13.0 Å². The molecule has 2 N–H and O–H groups in total. The molecule has 0 saturated carbocycles.